The van der Waals surface area contributed by atoms with E-state index in [9.17, 15) is 4.79 Å². The number of carbonyl (C=O) groups excluding carboxylic acids is 1. The van der Waals surface area contributed by atoms with Crippen molar-refractivity contribution < 1.29 is 4.79 Å². The second kappa shape index (κ2) is 6.73. The second-order valence-corrected chi connectivity index (χ2v) is 5.13. The largest absolute Gasteiger partial charge is 0.325 e. The zero-order valence-electron chi connectivity index (χ0n) is 11.0. The van der Waals surface area contributed by atoms with E-state index in [0.29, 0.717) is 10.6 Å². The molecule has 1 aromatic heterocycles. The Balaban J connectivity index is 1.92. The van der Waals surface area contributed by atoms with Gasteiger partial charge in [-0.25, -0.2) is 4.98 Å². The van der Waals surface area contributed by atoms with Gasteiger partial charge in [-0.2, -0.15) is 5.26 Å². The number of benzene rings is 1. The number of amides is 1. The van der Waals surface area contributed by atoms with Crippen molar-refractivity contribution in [2.24, 2.45) is 0 Å². The van der Waals surface area contributed by atoms with Crippen molar-refractivity contribution in [1.82, 2.24) is 4.98 Å². The van der Waals surface area contributed by atoms with Gasteiger partial charge < -0.3 is 5.32 Å². The third-order valence-corrected chi connectivity index (χ3v) is 3.57. The Bertz CT molecular complexity index is 647. The van der Waals surface area contributed by atoms with Crippen molar-refractivity contribution >= 4 is 23.4 Å². The van der Waals surface area contributed by atoms with Crippen molar-refractivity contribution in [2.45, 2.75) is 11.9 Å². The predicted octanol–water partition coefficient (Wildman–Crippen LogP) is 2.99. The monoisotopic (exact) mass is 283 g/mol. The lowest BCUT2D eigenvalue weighted by Gasteiger charge is -2.05. The van der Waals surface area contributed by atoms with Gasteiger partial charge in [0.25, 0.3) is 0 Å². The quantitative estimate of drug-likeness (QED) is 0.876. The number of nitriles is 1. The van der Waals surface area contributed by atoms with E-state index in [0.717, 1.165) is 11.3 Å². The van der Waals surface area contributed by atoms with Gasteiger partial charge in [-0.05, 0) is 31.2 Å². The summed E-state index contributed by atoms with van der Waals surface area (Å²) < 4.78 is 0. The molecule has 0 radical (unpaired) electrons. The van der Waals surface area contributed by atoms with Crippen LogP contribution in [0, 0.1) is 18.3 Å². The smallest absolute Gasteiger partial charge is 0.234 e. The van der Waals surface area contributed by atoms with Crippen LogP contribution in [0.5, 0.6) is 0 Å². The number of rotatable bonds is 4. The number of hydrogen-bond acceptors (Lipinski definition) is 4. The van der Waals surface area contributed by atoms with Crippen LogP contribution in [0.3, 0.4) is 0 Å². The van der Waals surface area contributed by atoms with Crippen molar-refractivity contribution in [3.05, 3.63) is 53.7 Å². The van der Waals surface area contributed by atoms with E-state index in [1.807, 2.05) is 31.2 Å². The van der Waals surface area contributed by atoms with E-state index in [-0.39, 0.29) is 11.7 Å². The highest BCUT2D eigenvalue weighted by Crippen LogP contribution is 2.19. The molecule has 0 aliphatic heterocycles. The number of nitrogens with one attached hydrogen (secondary N) is 1. The molecule has 1 aromatic carbocycles. The highest BCUT2D eigenvalue weighted by molar-refractivity contribution is 8.00. The number of nitrogens with zero attached hydrogens (tertiary/aromatic N) is 2. The molecule has 100 valence electrons. The van der Waals surface area contributed by atoms with E-state index >= 15 is 0 Å². The Morgan fingerprint density at radius 1 is 1.35 bits per heavy atom. The molecule has 0 bridgehead atoms. The molecule has 0 aliphatic rings. The van der Waals surface area contributed by atoms with Gasteiger partial charge in [0, 0.05) is 11.9 Å². The molecule has 2 rings (SSSR count). The first-order valence-corrected chi connectivity index (χ1v) is 7.02. The van der Waals surface area contributed by atoms with E-state index in [2.05, 4.69) is 16.4 Å². The van der Waals surface area contributed by atoms with Crippen LogP contribution in [0.4, 0.5) is 5.69 Å². The Hall–Kier alpha value is -2.32. The predicted molar refractivity (Wildman–Crippen MR) is 79.5 cm³/mol. The molecular weight excluding hydrogens is 270 g/mol. The van der Waals surface area contributed by atoms with Gasteiger partial charge in [-0.15, -0.1) is 0 Å². The van der Waals surface area contributed by atoms with E-state index in [1.54, 1.807) is 18.3 Å². The molecule has 1 heterocycles. The molecule has 0 saturated heterocycles. The van der Waals surface area contributed by atoms with E-state index in [4.69, 9.17) is 5.26 Å². The highest BCUT2D eigenvalue weighted by Gasteiger charge is 2.07. The van der Waals surface area contributed by atoms with Gasteiger partial charge in [0.05, 0.1) is 11.3 Å². The maximum absolute atomic E-state index is 11.8. The molecule has 0 unspecified atom stereocenters. The molecule has 5 heteroatoms. The van der Waals surface area contributed by atoms with Crippen LogP contribution in [0.1, 0.15) is 11.1 Å². The standard InChI is InChI=1S/C15H13N3OS/c1-11-4-6-13(7-5-11)18-14(19)10-20-15-12(9-16)3-2-8-17-15/h2-8H,10H2,1H3,(H,18,19). The molecule has 0 saturated carbocycles. The van der Waals surface area contributed by atoms with Crippen LogP contribution < -0.4 is 5.32 Å². The normalized spacial score (nSPS) is 9.80. The highest BCUT2D eigenvalue weighted by atomic mass is 32.2. The van der Waals surface area contributed by atoms with Gasteiger partial charge in [-0.3, -0.25) is 4.79 Å². The lowest BCUT2D eigenvalue weighted by atomic mass is 10.2. The van der Waals surface area contributed by atoms with Gasteiger partial charge >= 0.3 is 0 Å². The minimum absolute atomic E-state index is 0.117. The summed E-state index contributed by atoms with van der Waals surface area (Å²) in [6, 6.07) is 13.1. The van der Waals surface area contributed by atoms with Crippen LogP contribution >= 0.6 is 11.8 Å². The third kappa shape index (κ3) is 3.84. The summed E-state index contributed by atoms with van der Waals surface area (Å²) in [7, 11) is 0. The molecule has 2 aromatic rings. The Labute approximate surface area is 121 Å². The number of aryl methyl sites for hydroxylation is 1. The average molecular weight is 283 g/mol. The third-order valence-electron chi connectivity index (χ3n) is 2.57. The van der Waals surface area contributed by atoms with E-state index < -0.39 is 0 Å². The Morgan fingerprint density at radius 2 is 2.10 bits per heavy atom. The number of anilines is 1. The van der Waals surface area contributed by atoms with Crippen molar-refractivity contribution in [3.8, 4) is 6.07 Å². The summed E-state index contributed by atoms with van der Waals surface area (Å²) in [5, 5.41) is 12.3. The lowest BCUT2D eigenvalue weighted by Crippen LogP contribution is -2.14. The van der Waals surface area contributed by atoms with Gasteiger partial charge in [0.1, 0.15) is 11.1 Å². The number of pyridine rings is 1. The summed E-state index contributed by atoms with van der Waals surface area (Å²) in [5.41, 5.74) is 2.40. The minimum atomic E-state index is -0.117. The van der Waals surface area contributed by atoms with Crippen molar-refractivity contribution in [2.75, 3.05) is 11.1 Å². The fourth-order valence-electron chi connectivity index (χ4n) is 1.56. The fourth-order valence-corrected chi connectivity index (χ4v) is 2.30. The van der Waals surface area contributed by atoms with Crippen molar-refractivity contribution in [1.29, 1.82) is 5.26 Å². The van der Waals surface area contributed by atoms with Crippen molar-refractivity contribution in [3.63, 3.8) is 0 Å². The lowest BCUT2D eigenvalue weighted by molar-refractivity contribution is -0.113. The number of aromatic nitrogens is 1. The molecule has 20 heavy (non-hydrogen) atoms. The Kier molecular flexibility index (Phi) is 4.75. The van der Waals surface area contributed by atoms with Crippen LogP contribution in [0.25, 0.3) is 0 Å². The number of hydrogen-bond donors (Lipinski definition) is 1. The van der Waals surface area contributed by atoms with Gasteiger partial charge in [0.15, 0.2) is 0 Å². The molecule has 0 spiro atoms. The topological polar surface area (TPSA) is 65.8 Å². The zero-order chi connectivity index (χ0) is 14.4. The molecule has 1 amide bonds. The van der Waals surface area contributed by atoms with E-state index in [1.165, 1.54) is 11.8 Å². The van der Waals surface area contributed by atoms with Gasteiger partial charge in [0.2, 0.25) is 5.91 Å². The van der Waals surface area contributed by atoms with Crippen LogP contribution in [-0.2, 0) is 4.79 Å². The molecule has 0 aliphatic carbocycles. The first-order valence-electron chi connectivity index (χ1n) is 6.03. The molecule has 0 atom stereocenters. The zero-order valence-corrected chi connectivity index (χ0v) is 11.8. The second-order valence-electron chi connectivity index (χ2n) is 4.17. The summed E-state index contributed by atoms with van der Waals surface area (Å²) >= 11 is 1.26. The molecule has 0 fully saturated rings. The summed E-state index contributed by atoms with van der Waals surface area (Å²) in [6.45, 7) is 1.99. The summed E-state index contributed by atoms with van der Waals surface area (Å²) in [5.74, 6) is 0.105. The van der Waals surface area contributed by atoms with Crippen LogP contribution in [-0.4, -0.2) is 16.6 Å². The first kappa shape index (κ1) is 14.1. The SMILES string of the molecule is Cc1ccc(NC(=O)CSc2ncccc2C#N)cc1. The maximum Gasteiger partial charge on any atom is 0.234 e. The molecule has 1 N–H and O–H groups in total. The minimum Gasteiger partial charge on any atom is -0.325 e. The number of carbonyl (C=O) groups is 1. The average Bonchev–Trinajstić information content (AvgIpc) is 2.48. The fraction of sp³-hybridized carbons (Fsp3) is 0.133. The summed E-state index contributed by atoms with van der Waals surface area (Å²) in [4.78, 5) is 15.9. The molecule has 4 nitrogen and oxygen atoms in total. The summed E-state index contributed by atoms with van der Waals surface area (Å²) in [6.07, 6.45) is 1.61. The van der Waals surface area contributed by atoms with Gasteiger partial charge in [-0.1, -0.05) is 29.5 Å². The maximum atomic E-state index is 11.8. The molecular formula is C15H13N3OS. The number of thioether (sulfide) groups is 1. The Morgan fingerprint density at radius 3 is 2.80 bits per heavy atom. The first-order chi connectivity index (χ1) is 9.69. The van der Waals surface area contributed by atoms with Crippen LogP contribution in [0.2, 0.25) is 0 Å². The van der Waals surface area contributed by atoms with Crippen LogP contribution in [0.15, 0.2) is 47.6 Å².